The standard InChI is InChI=1S/C19H17NO2/c1-2-9-20-10-8-12-4-3-5-14-17(12)15(20)11-13-6-7-16(21)19(22)18(13)14/h1,3-7,15,21-22H,8-11H2/t15-/m1/s1. The van der Waals surface area contributed by atoms with Crippen LogP contribution in [0.4, 0.5) is 0 Å². The number of fused-ring (bicyclic) bond motifs is 2. The molecule has 0 bridgehead atoms. The highest BCUT2D eigenvalue weighted by Crippen LogP contribution is 2.50. The molecule has 0 amide bonds. The maximum Gasteiger partial charge on any atom is 0.165 e. The van der Waals surface area contributed by atoms with E-state index in [1.807, 2.05) is 18.2 Å². The smallest absolute Gasteiger partial charge is 0.165 e. The molecular weight excluding hydrogens is 274 g/mol. The van der Waals surface area contributed by atoms with Gasteiger partial charge in [-0.25, -0.2) is 0 Å². The third-order valence-electron chi connectivity index (χ3n) is 4.86. The largest absolute Gasteiger partial charge is 0.504 e. The first kappa shape index (κ1) is 13.2. The van der Waals surface area contributed by atoms with Gasteiger partial charge < -0.3 is 10.2 Å². The molecule has 3 heteroatoms. The number of aromatic hydroxyl groups is 2. The van der Waals surface area contributed by atoms with Gasteiger partial charge in [0.2, 0.25) is 0 Å². The fourth-order valence-corrected chi connectivity index (χ4v) is 3.88. The third-order valence-corrected chi connectivity index (χ3v) is 4.86. The maximum absolute atomic E-state index is 10.3. The third kappa shape index (κ3) is 1.74. The molecule has 1 heterocycles. The van der Waals surface area contributed by atoms with Crippen LogP contribution in [0, 0.1) is 12.3 Å². The molecular formula is C19H17NO2. The van der Waals surface area contributed by atoms with Crippen LogP contribution in [-0.4, -0.2) is 28.2 Å². The Labute approximate surface area is 129 Å². The molecule has 0 spiro atoms. The zero-order valence-electron chi connectivity index (χ0n) is 12.2. The number of benzene rings is 2. The molecule has 0 saturated carbocycles. The summed E-state index contributed by atoms with van der Waals surface area (Å²) in [5, 5.41) is 20.2. The van der Waals surface area contributed by atoms with Crippen molar-refractivity contribution in [2.75, 3.05) is 13.1 Å². The highest BCUT2D eigenvalue weighted by Gasteiger charge is 2.35. The molecule has 0 radical (unpaired) electrons. The lowest BCUT2D eigenvalue weighted by molar-refractivity contribution is 0.206. The van der Waals surface area contributed by atoms with Gasteiger partial charge in [-0.15, -0.1) is 6.42 Å². The first-order valence-electron chi connectivity index (χ1n) is 7.54. The van der Waals surface area contributed by atoms with E-state index in [0.717, 1.165) is 36.1 Å². The van der Waals surface area contributed by atoms with Gasteiger partial charge in [0.25, 0.3) is 0 Å². The predicted octanol–water partition coefficient (Wildman–Crippen LogP) is 2.85. The predicted molar refractivity (Wildman–Crippen MR) is 85.8 cm³/mol. The van der Waals surface area contributed by atoms with E-state index in [9.17, 15) is 10.2 Å². The molecule has 2 aromatic rings. The van der Waals surface area contributed by atoms with E-state index in [1.165, 1.54) is 11.1 Å². The van der Waals surface area contributed by atoms with Gasteiger partial charge >= 0.3 is 0 Å². The van der Waals surface area contributed by atoms with E-state index in [4.69, 9.17) is 6.42 Å². The molecule has 22 heavy (non-hydrogen) atoms. The molecule has 3 nitrogen and oxygen atoms in total. The number of phenols is 2. The van der Waals surface area contributed by atoms with Gasteiger partial charge in [0.15, 0.2) is 11.5 Å². The molecule has 1 atom stereocenters. The SMILES string of the molecule is C#CCN1CCc2cccc3c2[C@H]1Cc1ccc(O)c(O)c1-3. The molecule has 1 aliphatic heterocycles. The van der Waals surface area contributed by atoms with Crippen LogP contribution in [0.2, 0.25) is 0 Å². The normalized spacial score (nSPS) is 19.1. The number of terminal acetylenes is 1. The van der Waals surface area contributed by atoms with Crippen molar-refractivity contribution in [3.8, 4) is 35.0 Å². The van der Waals surface area contributed by atoms with Crippen LogP contribution < -0.4 is 0 Å². The summed E-state index contributed by atoms with van der Waals surface area (Å²) in [6, 6.07) is 9.94. The second kappa shape index (κ2) is 4.79. The second-order valence-electron chi connectivity index (χ2n) is 5.99. The van der Waals surface area contributed by atoms with E-state index >= 15 is 0 Å². The lowest BCUT2D eigenvalue weighted by atomic mass is 9.77. The van der Waals surface area contributed by atoms with Gasteiger partial charge in [-0.3, -0.25) is 4.90 Å². The first-order valence-corrected chi connectivity index (χ1v) is 7.54. The van der Waals surface area contributed by atoms with E-state index in [2.05, 4.69) is 16.9 Å². The Bertz CT molecular complexity index is 804. The minimum absolute atomic E-state index is 0.0153. The fourth-order valence-electron chi connectivity index (χ4n) is 3.88. The molecule has 0 aromatic heterocycles. The van der Waals surface area contributed by atoms with Crippen LogP contribution >= 0.6 is 0 Å². The van der Waals surface area contributed by atoms with Gasteiger partial charge in [0.1, 0.15) is 0 Å². The van der Waals surface area contributed by atoms with Crippen molar-refractivity contribution in [3.63, 3.8) is 0 Å². The van der Waals surface area contributed by atoms with E-state index in [1.54, 1.807) is 6.07 Å². The molecule has 0 fully saturated rings. The number of phenolic OH excluding ortho intramolecular Hbond substituents is 2. The summed E-state index contributed by atoms with van der Waals surface area (Å²) in [6.45, 7) is 1.60. The number of nitrogens with zero attached hydrogens (tertiary/aromatic N) is 1. The Balaban J connectivity index is 1.97. The average molecular weight is 291 g/mol. The van der Waals surface area contributed by atoms with Crippen LogP contribution in [-0.2, 0) is 12.8 Å². The Morgan fingerprint density at radius 2 is 2.05 bits per heavy atom. The second-order valence-corrected chi connectivity index (χ2v) is 5.99. The van der Waals surface area contributed by atoms with Crippen LogP contribution in [0.15, 0.2) is 30.3 Å². The van der Waals surface area contributed by atoms with Crippen LogP contribution in [0.5, 0.6) is 11.5 Å². The molecule has 2 N–H and O–H groups in total. The summed E-state index contributed by atoms with van der Waals surface area (Å²) in [5.74, 6) is 2.68. The Morgan fingerprint density at radius 1 is 1.18 bits per heavy atom. The minimum Gasteiger partial charge on any atom is -0.504 e. The van der Waals surface area contributed by atoms with E-state index in [-0.39, 0.29) is 17.5 Å². The van der Waals surface area contributed by atoms with Crippen molar-refractivity contribution in [1.29, 1.82) is 0 Å². The lowest BCUT2D eigenvalue weighted by Crippen LogP contribution is -2.38. The molecule has 4 rings (SSSR count). The quantitative estimate of drug-likeness (QED) is 0.627. The molecule has 0 unspecified atom stereocenters. The molecule has 1 aliphatic carbocycles. The summed E-state index contributed by atoms with van der Waals surface area (Å²) < 4.78 is 0. The highest BCUT2D eigenvalue weighted by atomic mass is 16.3. The molecule has 110 valence electrons. The van der Waals surface area contributed by atoms with Crippen molar-refractivity contribution in [1.82, 2.24) is 4.90 Å². The minimum atomic E-state index is -0.0638. The van der Waals surface area contributed by atoms with Gasteiger partial charge in [0, 0.05) is 18.2 Å². The number of hydrogen-bond donors (Lipinski definition) is 2. The summed E-state index contributed by atoms with van der Waals surface area (Å²) in [7, 11) is 0. The Kier molecular flexibility index (Phi) is 2.88. The molecule has 2 aliphatic rings. The van der Waals surface area contributed by atoms with Crippen molar-refractivity contribution < 1.29 is 10.2 Å². The zero-order valence-corrected chi connectivity index (χ0v) is 12.2. The van der Waals surface area contributed by atoms with E-state index in [0.29, 0.717) is 6.54 Å². The Morgan fingerprint density at radius 3 is 2.86 bits per heavy atom. The van der Waals surface area contributed by atoms with Gasteiger partial charge in [0.05, 0.1) is 6.54 Å². The summed E-state index contributed by atoms with van der Waals surface area (Å²) in [4.78, 5) is 2.33. The van der Waals surface area contributed by atoms with Crippen molar-refractivity contribution >= 4 is 0 Å². The summed E-state index contributed by atoms with van der Waals surface area (Å²) in [6.07, 6.45) is 7.31. The maximum atomic E-state index is 10.3. The molecule has 2 aromatic carbocycles. The Hall–Kier alpha value is -2.44. The topological polar surface area (TPSA) is 43.7 Å². The van der Waals surface area contributed by atoms with Crippen molar-refractivity contribution in [3.05, 3.63) is 47.0 Å². The fraction of sp³-hybridized carbons (Fsp3) is 0.263. The number of rotatable bonds is 1. The average Bonchev–Trinajstić information content (AvgIpc) is 2.53. The monoisotopic (exact) mass is 291 g/mol. The van der Waals surface area contributed by atoms with Gasteiger partial charge in [-0.1, -0.05) is 30.2 Å². The van der Waals surface area contributed by atoms with Gasteiger partial charge in [-0.2, -0.15) is 0 Å². The summed E-state index contributed by atoms with van der Waals surface area (Å²) in [5.41, 5.74) is 5.45. The first-order chi connectivity index (χ1) is 10.7. The zero-order chi connectivity index (χ0) is 15.3. The van der Waals surface area contributed by atoms with Crippen molar-refractivity contribution in [2.45, 2.75) is 18.9 Å². The number of hydrogen-bond acceptors (Lipinski definition) is 3. The van der Waals surface area contributed by atoms with Gasteiger partial charge in [-0.05, 0) is 41.2 Å². The van der Waals surface area contributed by atoms with Crippen LogP contribution in [0.1, 0.15) is 22.7 Å². The van der Waals surface area contributed by atoms with Crippen LogP contribution in [0.25, 0.3) is 11.1 Å². The summed E-state index contributed by atoms with van der Waals surface area (Å²) >= 11 is 0. The van der Waals surface area contributed by atoms with Crippen molar-refractivity contribution in [2.24, 2.45) is 0 Å². The lowest BCUT2D eigenvalue weighted by Gasteiger charge is -2.41. The van der Waals surface area contributed by atoms with E-state index < -0.39 is 0 Å². The van der Waals surface area contributed by atoms with Crippen LogP contribution in [0.3, 0.4) is 0 Å². The highest BCUT2D eigenvalue weighted by molar-refractivity contribution is 5.82. The molecule has 0 saturated heterocycles.